The predicted octanol–water partition coefficient (Wildman–Crippen LogP) is -0.583. The molecule has 0 aromatic rings. The fourth-order valence-corrected chi connectivity index (χ4v) is 1.18. The third-order valence-corrected chi connectivity index (χ3v) is 2.10. The van der Waals surface area contributed by atoms with E-state index >= 15 is 0 Å². The number of nitrogens with zero attached hydrogens (tertiary/aromatic N) is 2. The van der Waals surface area contributed by atoms with Crippen LogP contribution in [-0.4, -0.2) is 44.4 Å². The summed E-state index contributed by atoms with van der Waals surface area (Å²) in [6.07, 6.45) is 2.93. The van der Waals surface area contributed by atoms with Gasteiger partial charge in [0.15, 0.2) is 0 Å². The van der Waals surface area contributed by atoms with Gasteiger partial charge < -0.3 is 9.53 Å². The Bertz CT molecular complexity index is 267. The topological polar surface area (TPSA) is 71.0 Å². The first-order valence-corrected chi connectivity index (χ1v) is 4.66. The molecule has 1 rings (SSSR count). The lowest BCUT2D eigenvalue weighted by Crippen LogP contribution is -2.39. The molecule has 1 amide bonds. The molecule has 6 nitrogen and oxygen atoms in total. The number of nitrogens with one attached hydrogen (secondary N) is 1. The minimum Gasteiger partial charge on any atom is -0.362 e. The van der Waals surface area contributed by atoms with E-state index in [9.17, 15) is 9.59 Å². The van der Waals surface area contributed by atoms with Crippen molar-refractivity contribution in [2.45, 2.75) is 6.42 Å². The highest BCUT2D eigenvalue weighted by Gasteiger charge is 2.43. The molecule has 1 aliphatic rings. The number of hydrogen-bond donors (Lipinski definition) is 1. The molecular formula is C9H15N3O3. The van der Waals surface area contributed by atoms with Gasteiger partial charge in [-0.3, -0.25) is 15.2 Å². The molecule has 2 atom stereocenters. The average molecular weight is 213 g/mol. The molecule has 1 fully saturated rings. The van der Waals surface area contributed by atoms with Gasteiger partial charge in [0.2, 0.25) is 5.91 Å². The van der Waals surface area contributed by atoms with E-state index in [4.69, 9.17) is 4.74 Å². The van der Waals surface area contributed by atoms with Crippen molar-refractivity contribution in [1.29, 1.82) is 0 Å². The van der Waals surface area contributed by atoms with Crippen molar-refractivity contribution in [2.75, 3.05) is 20.9 Å². The molecule has 0 aliphatic heterocycles. The zero-order chi connectivity index (χ0) is 11.3. The Hall–Kier alpha value is -1.43. The molecule has 0 unspecified atom stereocenters. The molecule has 6 heteroatoms. The van der Waals surface area contributed by atoms with Gasteiger partial charge in [-0.2, -0.15) is 0 Å². The van der Waals surface area contributed by atoms with Gasteiger partial charge >= 0.3 is 0 Å². The molecule has 84 valence electrons. The zero-order valence-electron chi connectivity index (χ0n) is 8.84. The maximum absolute atomic E-state index is 11.4. The van der Waals surface area contributed by atoms with E-state index in [0.29, 0.717) is 6.42 Å². The van der Waals surface area contributed by atoms with Gasteiger partial charge in [-0.25, -0.2) is 4.99 Å². The Kier molecular flexibility index (Phi) is 4.23. The van der Waals surface area contributed by atoms with Gasteiger partial charge in [0.05, 0.1) is 0 Å². The highest BCUT2D eigenvalue weighted by molar-refractivity contribution is 5.86. The average Bonchev–Trinajstić information content (AvgIpc) is 2.97. The van der Waals surface area contributed by atoms with E-state index in [1.807, 2.05) is 0 Å². The summed E-state index contributed by atoms with van der Waals surface area (Å²) in [5, 5.41) is 1.45. The van der Waals surface area contributed by atoms with E-state index in [1.165, 1.54) is 18.5 Å². The minimum atomic E-state index is -0.166. The van der Waals surface area contributed by atoms with Gasteiger partial charge in [0, 0.05) is 26.0 Å². The van der Waals surface area contributed by atoms with Crippen LogP contribution in [0.15, 0.2) is 4.99 Å². The lowest BCUT2D eigenvalue weighted by atomic mass is 10.3. The van der Waals surface area contributed by atoms with Gasteiger partial charge in [-0.05, 0) is 6.42 Å². The smallest absolute Gasteiger partial charge is 0.242 e. The lowest BCUT2D eigenvalue weighted by molar-refractivity contribution is -0.126. The summed E-state index contributed by atoms with van der Waals surface area (Å²) in [6.45, 7) is 0.251. The summed E-state index contributed by atoms with van der Waals surface area (Å²) in [6, 6.07) is 0. The normalized spacial score (nSPS) is 23.9. The first-order valence-electron chi connectivity index (χ1n) is 4.66. The van der Waals surface area contributed by atoms with Crippen LogP contribution in [0.2, 0.25) is 0 Å². The summed E-state index contributed by atoms with van der Waals surface area (Å²) in [7, 11) is 3.20. The standard InChI is InChI=1S/C9H15N3O3/c1-12(5-10-6-15-2)11-9(14)8-3-7(8)4-13/h4-5,7-8H,3,6H2,1-2H3,(H,11,14)/t7-,8+/m1/s1. The van der Waals surface area contributed by atoms with Crippen LogP contribution in [0.25, 0.3) is 0 Å². The number of methoxy groups -OCH3 is 1. The van der Waals surface area contributed by atoms with Gasteiger partial charge in [0.25, 0.3) is 0 Å². The van der Waals surface area contributed by atoms with Gasteiger partial charge in [0.1, 0.15) is 19.4 Å². The van der Waals surface area contributed by atoms with E-state index < -0.39 is 0 Å². The molecule has 1 N–H and O–H groups in total. The summed E-state index contributed by atoms with van der Waals surface area (Å²) < 4.78 is 4.71. The van der Waals surface area contributed by atoms with Crippen LogP contribution in [0.5, 0.6) is 0 Å². The second-order valence-corrected chi connectivity index (χ2v) is 3.44. The van der Waals surface area contributed by atoms with Crippen molar-refractivity contribution < 1.29 is 14.3 Å². The second-order valence-electron chi connectivity index (χ2n) is 3.44. The molecule has 1 aliphatic carbocycles. The molecular weight excluding hydrogens is 198 g/mol. The fourth-order valence-electron chi connectivity index (χ4n) is 1.18. The second kappa shape index (κ2) is 5.45. The quantitative estimate of drug-likeness (QED) is 0.277. The van der Waals surface area contributed by atoms with Crippen LogP contribution in [0, 0.1) is 11.8 Å². The van der Waals surface area contributed by atoms with E-state index in [2.05, 4.69) is 10.4 Å². The SMILES string of the molecule is COCN=CN(C)NC(=O)[C@H]1C[C@@H]1C=O. The van der Waals surface area contributed by atoms with Crippen LogP contribution in [0.1, 0.15) is 6.42 Å². The van der Waals surface area contributed by atoms with Crippen molar-refractivity contribution in [2.24, 2.45) is 16.8 Å². The molecule has 0 aromatic heterocycles. The zero-order valence-corrected chi connectivity index (χ0v) is 8.84. The third kappa shape index (κ3) is 3.67. The van der Waals surface area contributed by atoms with Gasteiger partial charge in [-0.15, -0.1) is 0 Å². The number of rotatable bonds is 6. The molecule has 0 aromatic carbocycles. The number of amides is 1. The number of hydrogen-bond acceptors (Lipinski definition) is 4. The van der Waals surface area contributed by atoms with E-state index in [-0.39, 0.29) is 24.5 Å². The lowest BCUT2D eigenvalue weighted by Gasteiger charge is -2.14. The van der Waals surface area contributed by atoms with Crippen LogP contribution >= 0.6 is 0 Å². The van der Waals surface area contributed by atoms with Crippen LogP contribution in [-0.2, 0) is 14.3 Å². The number of hydrazine groups is 1. The maximum atomic E-state index is 11.4. The summed E-state index contributed by atoms with van der Waals surface area (Å²) >= 11 is 0. The van der Waals surface area contributed by atoms with E-state index in [1.54, 1.807) is 7.05 Å². The molecule has 0 heterocycles. The Morgan fingerprint density at radius 3 is 3.00 bits per heavy atom. The summed E-state index contributed by atoms with van der Waals surface area (Å²) in [4.78, 5) is 25.6. The van der Waals surface area contributed by atoms with Crippen molar-refractivity contribution in [3.63, 3.8) is 0 Å². The molecule has 0 bridgehead atoms. The number of carbonyl (C=O) groups is 2. The highest BCUT2D eigenvalue weighted by atomic mass is 16.5. The Morgan fingerprint density at radius 1 is 1.73 bits per heavy atom. The first-order chi connectivity index (χ1) is 7.19. The summed E-state index contributed by atoms with van der Waals surface area (Å²) in [5.41, 5.74) is 2.60. The Balaban J connectivity index is 2.23. The Morgan fingerprint density at radius 2 is 2.47 bits per heavy atom. The molecule has 15 heavy (non-hydrogen) atoms. The summed E-state index contributed by atoms with van der Waals surface area (Å²) in [5.74, 6) is -0.409. The van der Waals surface area contributed by atoms with E-state index in [0.717, 1.165) is 6.29 Å². The number of aldehydes is 1. The molecule has 0 spiro atoms. The largest absolute Gasteiger partial charge is 0.362 e. The maximum Gasteiger partial charge on any atom is 0.242 e. The Labute approximate surface area is 88.3 Å². The first kappa shape index (κ1) is 11.6. The van der Waals surface area contributed by atoms with Gasteiger partial charge in [-0.1, -0.05) is 0 Å². The predicted molar refractivity (Wildman–Crippen MR) is 53.9 cm³/mol. The minimum absolute atomic E-state index is 0.102. The number of carbonyl (C=O) groups excluding carboxylic acids is 2. The monoisotopic (exact) mass is 213 g/mol. The van der Waals surface area contributed by atoms with Crippen LogP contribution in [0.4, 0.5) is 0 Å². The number of aliphatic imine (C=N–C) groups is 1. The van der Waals surface area contributed by atoms with Crippen molar-refractivity contribution in [1.82, 2.24) is 10.4 Å². The fraction of sp³-hybridized carbons (Fsp3) is 0.667. The highest BCUT2D eigenvalue weighted by Crippen LogP contribution is 2.36. The van der Waals surface area contributed by atoms with Crippen molar-refractivity contribution in [3.8, 4) is 0 Å². The number of ether oxygens (including phenoxy) is 1. The van der Waals surface area contributed by atoms with Crippen molar-refractivity contribution >= 4 is 18.5 Å². The van der Waals surface area contributed by atoms with Crippen LogP contribution < -0.4 is 5.43 Å². The molecule has 0 saturated heterocycles. The molecule has 0 radical (unpaired) electrons. The van der Waals surface area contributed by atoms with Crippen molar-refractivity contribution in [3.05, 3.63) is 0 Å². The third-order valence-electron chi connectivity index (χ3n) is 2.10. The molecule has 1 saturated carbocycles. The van der Waals surface area contributed by atoms with Crippen LogP contribution in [0.3, 0.4) is 0 Å².